The zero-order valence-corrected chi connectivity index (χ0v) is 11.2. The molecule has 0 radical (unpaired) electrons. The minimum Gasteiger partial charge on any atom is -0.348 e. The minimum atomic E-state index is -0.0910. The minimum absolute atomic E-state index is 0.0910. The largest absolute Gasteiger partial charge is 0.348 e. The molecule has 1 aliphatic heterocycles. The number of nitrogens with zero attached hydrogens (tertiary/aromatic N) is 2. The van der Waals surface area contributed by atoms with E-state index in [-0.39, 0.29) is 11.9 Å². The van der Waals surface area contributed by atoms with Crippen LogP contribution < -0.4 is 5.32 Å². The van der Waals surface area contributed by atoms with Crippen LogP contribution in [0.15, 0.2) is 34.0 Å². The van der Waals surface area contributed by atoms with Gasteiger partial charge in [-0.15, -0.1) is 10.2 Å². The van der Waals surface area contributed by atoms with Crippen molar-refractivity contribution in [1.29, 1.82) is 0 Å². The highest BCUT2D eigenvalue weighted by Crippen LogP contribution is 2.26. The lowest BCUT2D eigenvalue weighted by atomic mass is 9.84. The smallest absolute Gasteiger partial charge is 0.272 e. The van der Waals surface area contributed by atoms with Crippen molar-refractivity contribution in [3.05, 3.63) is 23.8 Å². The molecule has 1 atom stereocenters. The second kappa shape index (κ2) is 5.11. The van der Waals surface area contributed by atoms with Gasteiger partial charge in [-0.3, -0.25) is 4.79 Å². The summed E-state index contributed by atoms with van der Waals surface area (Å²) in [5.41, 5.74) is 2.12. The number of hydrogen-bond acceptors (Lipinski definition) is 3. The van der Waals surface area contributed by atoms with Crippen molar-refractivity contribution in [3.63, 3.8) is 0 Å². The molecule has 0 unspecified atom stereocenters. The van der Waals surface area contributed by atoms with Crippen LogP contribution in [0.25, 0.3) is 0 Å². The van der Waals surface area contributed by atoms with Gasteiger partial charge >= 0.3 is 0 Å². The third kappa shape index (κ3) is 2.39. The van der Waals surface area contributed by atoms with Crippen LogP contribution in [0.1, 0.15) is 39.0 Å². The van der Waals surface area contributed by atoms with E-state index in [0.717, 1.165) is 11.3 Å². The molecule has 1 saturated carbocycles. The lowest BCUT2D eigenvalue weighted by Gasteiger charge is -2.28. The van der Waals surface area contributed by atoms with Crippen LogP contribution in [0.4, 0.5) is 0 Å². The molecule has 0 aromatic heterocycles. The zero-order chi connectivity index (χ0) is 13.2. The number of carbonyl (C=O) groups is 1. The number of amides is 1. The Labute approximate surface area is 113 Å². The molecule has 0 aromatic rings. The normalized spacial score (nSPS) is 23.5. The van der Waals surface area contributed by atoms with Gasteiger partial charge in [0.1, 0.15) is 0 Å². The van der Waals surface area contributed by atoms with E-state index in [4.69, 9.17) is 0 Å². The Kier molecular flexibility index (Phi) is 3.32. The van der Waals surface area contributed by atoms with E-state index < -0.39 is 0 Å². The van der Waals surface area contributed by atoms with Crippen molar-refractivity contribution in [2.45, 2.75) is 45.1 Å². The summed E-state index contributed by atoms with van der Waals surface area (Å²) in [6.45, 7) is 2.10. The van der Waals surface area contributed by atoms with Gasteiger partial charge in [-0.2, -0.15) is 0 Å². The van der Waals surface area contributed by atoms with E-state index in [0.29, 0.717) is 11.6 Å². The number of allylic oxidation sites excluding steroid dienone is 3. The molecule has 0 aromatic carbocycles. The van der Waals surface area contributed by atoms with Gasteiger partial charge in [-0.05, 0) is 31.8 Å². The van der Waals surface area contributed by atoms with Crippen LogP contribution in [-0.4, -0.2) is 23.4 Å². The monoisotopic (exact) mass is 257 g/mol. The second-order valence-electron chi connectivity index (χ2n) is 5.53. The van der Waals surface area contributed by atoms with Crippen molar-refractivity contribution < 1.29 is 4.79 Å². The first-order valence-corrected chi connectivity index (χ1v) is 7.11. The lowest BCUT2D eigenvalue weighted by Crippen LogP contribution is -2.42. The van der Waals surface area contributed by atoms with Gasteiger partial charge in [-0.25, -0.2) is 0 Å². The molecule has 3 rings (SSSR count). The molecule has 100 valence electrons. The molecule has 0 saturated heterocycles. The van der Waals surface area contributed by atoms with Gasteiger partial charge in [0.05, 0.1) is 5.71 Å². The highest BCUT2D eigenvalue weighted by Gasteiger charge is 2.28. The Morgan fingerprint density at radius 3 is 2.89 bits per heavy atom. The summed E-state index contributed by atoms with van der Waals surface area (Å²) in [5, 5.41) is 11.1. The summed E-state index contributed by atoms with van der Waals surface area (Å²) in [6.07, 6.45) is 12.0. The number of rotatable bonds is 3. The molecule has 1 heterocycles. The van der Waals surface area contributed by atoms with Crippen molar-refractivity contribution in [3.8, 4) is 0 Å². The summed E-state index contributed by atoms with van der Waals surface area (Å²) in [7, 11) is 0. The Bertz CT molecular complexity index is 507. The standard InChI is InChI=1S/C15H19N3O/c1-10(11-6-3-2-4-7-11)16-15(19)14-12-8-5-9-13(12)17-18-14/h5,8-11H,2-4,6-7H2,1H3,(H,16,19)/t10-/m0/s1. The quantitative estimate of drug-likeness (QED) is 0.829. The van der Waals surface area contributed by atoms with Crippen molar-refractivity contribution in [1.82, 2.24) is 5.32 Å². The molecule has 0 spiro atoms. The number of nitrogens with one attached hydrogen (secondary N) is 1. The molecular weight excluding hydrogens is 238 g/mol. The van der Waals surface area contributed by atoms with Crippen LogP contribution in [0.2, 0.25) is 0 Å². The van der Waals surface area contributed by atoms with Crippen LogP contribution in [0, 0.1) is 5.92 Å². The van der Waals surface area contributed by atoms with E-state index in [1.807, 2.05) is 18.2 Å². The van der Waals surface area contributed by atoms with E-state index in [9.17, 15) is 4.79 Å². The van der Waals surface area contributed by atoms with Crippen molar-refractivity contribution in [2.24, 2.45) is 16.1 Å². The number of fused-ring (bicyclic) bond motifs is 1. The maximum absolute atomic E-state index is 12.3. The molecule has 19 heavy (non-hydrogen) atoms. The molecule has 4 nitrogen and oxygen atoms in total. The van der Waals surface area contributed by atoms with E-state index >= 15 is 0 Å². The van der Waals surface area contributed by atoms with Crippen molar-refractivity contribution >= 4 is 17.3 Å². The molecule has 2 aliphatic carbocycles. The van der Waals surface area contributed by atoms with E-state index in [2.05, 4.69) is 22.4 Å². The maximum Gasteiger partial charge on any atom is 0.272 e. The van der Waals surface area contributed by atoms with E-state index in [1.54, 1.807) is 0 Å². The predicted octanol–water partition coefficient (Wildman–Crippen LogP) is 2.38. The van der Waals surface area contributed by atoms with Crippen LogP contribution in [0.3, 0.4) is 0 Å². The molecule has 1 amide bonds. The fourth-order valence-corrected chi connectivity index (χ4v) is 3.05. The first-order valence-electron chi connectivity index (χ1n) is 7.11. The van der Waals surface area contributed by atoms with Crippen LogP contribution in [-0.2, 0) is 4.79 Å². The summed E-state index contributed by atoms with van der Waals surface area (Å²) in [5.74, 6) is 0.516. The summed E-state index contributed by atoms with van der Waals surface area (Å²) < 4.78 is 0. The average Bonchev–Trinajstić information content (AvgIpc) is 3.01. The SMILES string of the molecule is C[C@H](NC(=O)C1=NN=C2C=CC=C21)C1CCCCC1. The fraction of sp³-hybridized carbons (Fsp3) is 0.533. The Hall–Kier alpha value is -1.71. The van der Waals surface area contributed by atoms with Gasteiger partial charge in [0.25, 0.3) is 5.91 Å². The molecule has 0 bridgehead atoms. The highest BCUT2D eigenvalue weighted by molar-refractivity contribution is 6.54. The van der Waals surface area contributed by atoms with Crippen LogP contribution in [0.5, 0.6) is 0 Å². The molecule has 4 heteroatoms. The predicted molar refractivity (Wildman–Crippen MR) is 76.3 cm³/mol. The Balaban J connectivity index is 1.60. The van der Waals surface area contributed by atoms with Gasteiger partial charge in [-0.1, -0.05) is 31.4 Å². The third-order valence-electron chi connectivity index (χ3n) is 4.24. The summed E-state index contributed by atoms with van der Waals surface area (Å²) in [6, 6.07) is 0.217. The van der Waals surface area contributed by atoms with Gasteiger partial charge < -0.3 is 5.32 Å². The van der Waals surface area contributed by atoms with Crippen LogP contribution >= 0.6 is 0 Å². The third-order valence-corrected chi connectivity index (χ3v) is 4.24. The zero-order valence-electron chi connectivity index (χ0n) is 11.2. The molecule has 1 N–H and O–H groups in total. The lowest BCUT2D eigenvalue weighted by molar-refractivity contribution is -0.115. The molecular formula is C15H19N3O. The maximum atomic E-state index is 12.3. The molecule has 3 aliphatic rings. The van der Waals surface area contributed by atoms with Gasteiger partial charge in [0, 0.05) is 11.6 Å². The Morgan fingerprint density at radius 1 is 1.32 bits per heavy atom. The number of carbonyl (C=O) groups excluding carboxylic acids is 1. The van der Waals surface area contributed by atoms with Gasteiger partial charge in [0.2, 0.25) is 0 Å². The highest BCUT2D eigenvalue weighted by atomic mass is 16.2. The fourth-order valence-electron chi connectivity index (χ4n) is 3.05. The topological polar surface area (TPSA) is 53.8 Å². The number of hydrogen-bond donors (Lipinski definition) is 1. The average molecular weight is 257 g/mol. The summed E-state index contributed by atoms with van der Waals surface area (Å²) in [4.78, 5) is 12.3. The summed E-state index contributed by atoms with van der Waals surface area (Å²) >= 11 is 0. The first-order chi connectivity index (χ1) is 9.25. The van der Waals surface area contributed by atoms with Gasteiger partial charge in [0.15, 0.2) is 5.71 Å². The first kappa shape index (κ1) is 12.3. The molecule has 1 fully saturated rings. The second-order valence-corrected chi connectivity index (χ2v) is 5.53. The van der Waals surface area contributed by atoms with E-state index in [1.165, 1.54) is 32.1 Å². The van der Waals surface area contributed by atoms with Crippen molar-refractivity contribution in [2.75, 3.05) is 0 Å². The Morgan fingerprint density at radius 2 is 2.11 bits per heavy atom.